The predicted molar refractivity (Wildman–Crippen MR) is 145 cm³/mol. The molecular formula is C29H43FN4. The Bertz CT molecular complexity index is 1040. The van der Waals surface area contributed by atoms with Gasteiger partial charge in [-0.25, -0.2) is 9.37 Å². The molecule has 4 rings (SSSR count). The van der Waals surface area contributed by atoms with Gasteiger partial charge in [-0.1, -0.05) is 53.3 Å². The van der Waals surface area contributed by atoms with Gasteiger partial charge >= 0.3 is 0 Å². The zero-order chi connectivity index (χ0) is 25.3. The van der Waals surface area contributed by atoms with E-state index in [4.69, 9.17) is 4.98 Å². The van der Waals surface area contributed by atoms with Crippen LogP contribution in [0, 0.1) is 6.92 Å². The average Bonchev–Trinajstić information content (AvgIpc) is 3.23. The molecule has 3 heterocycles. The summed E-state index contributed by atoms with van der Waals surface area (Å²) >= 11 is 0. The number of aryl methyl sites for hydroxylation is 2. The summed E-state index contributed by atoms with van der Waals surface area (Å²) in [6.07, 6.45) is 4.11. The van der Waals surface area contributed by atoms with E-state index in [0.29, 0.717) is 19.4 Å². The molecule has 1 aromatic carbocycles. The van der Waals surface area contributed by atoms with Gasteiger partial charge in [-0.15, -0.1) is 0 Å². The van der Waals surface area contributed by atoms with Crippen LogP contribution in [0.1, 0.15) is 76.9 Å². The van der Waals surface area contributed by atoms with E-state index < -0.39 is 5.67 Å². The molecule has 0 amide bonds. The van der Waals surface area contributed by atoms with E-state index in [2.05, 4.69) is 77.6 Å². The summed E-state index contributed by atoms with van der Waals surface area (Å²) in [5, 5.41) is 3.47. The molecule has 0 spiro atoms. The summed E-state index contributed by atoms with van der Waals surface area (Å²) < 4.78 is 16.1. The number of anilines is 1. The molecule has 3 aromatic rings. The van der Waals surface area contributed by atoms with Crippen LogP contribution in [0.15, 0.2) is 49.2 Å². The van der Waals surface area contributed by atoms with E-state index >= 15 is 0 Å². The Morgan fingerprint density at radius 2 is 1.71 bits per heavy atom. The smallest absolute Gasteiger partial charge is 0.137 e. The summed E-state index contributed by atoms with van der Waals surface area (Å²) in [6, 6.07) is 12.7. The monoisotopic (exact) mass is 466 g/mol. The van der Waals surface area contributed by atoms with Crippen LogP contribution in [0.4, 0.5) is 10.1 Å². The van der Waals surface area contributed by atoms with Crippen molar-refractivity contribution in [2.45, 2.75) is 79.9 Å². The number of benzene rings is 1. The first-order chi connectivity index (χ1) is 16.4. The lowest BCUT2D eigenvalue weighted by Gasteiger charge is -2.35. The van der Waals surface area contributed by atoms with Gasteiger partial charge in [0.1, 0.15) is 11.3 Å². The van der Waals surface area contributed by atoms with Crippen molar-refractivity contribution in [1.82, 2.24) is 14.7 Å². The number of hydrogen-bond acceptors (Lipinski definition) is 3. The van der Waals surface area contributed by atoms with Crippen molar-refractivity contribution in [1.29, 1.82) is 0 Å². The maximum Gasteiger partial charge on any atom is 0.137 e. The molecule has 34 heavy (non-hydrogen) atoms. The van der Waals surface area contributed by atoms with Gasteiger partial charge in [0.25, 0.3) is 0 Å². The highest BCUT2D eigenvalue weighted by atomic mass is 19.1. The van der Waals surface area contributed by atoms with E-state index in [0.717, 1.165) is 42.2 Å². The number of hydrogen-bond donors (Lipinski definition) is 1. The quantitative estimate of drug-likeness (QED) is 0.412. The molecule has 0 bridgehead atoms. The molecule has 1 aliphatic rings. The van der Waals surface area contributed by atoms with Gasteiger partial charge in [0, 0.05) is 31.5 Å². The zero-order valence-corrected chi connectivity index (χ0v) is 22.2. The van der Waals surface area contributed by atoms with E-state index in [1.165, 1.54) is 16.8 Å². The number of rotatable bonds is 6. The zero-order valence-electron chi connectivity index (χ0n) is 22.2. The Morgan fingerprint density at radius 1 is 1.09 bits per heavy atom. The number of alkyl halides is 1. The largest absolute Gasteiger partial charge is 0.380 e. The molecule has 0 radical (unpaired) electrons. The van der Waals surface area contributed by atoms with Gasteiger partial charge in [-0.3, -0.25) is 4.40 Å². The Kier molecular flexibility index (Phi) is 10.2. The van der Waals surface area contributed by atoms with Gasteiger partial charge in [0.05, 0.1) is 17.1 Å². The number of piperidine rings is 1. The average molecular weight is 467 g/mol. The molecule has 1 N–H and O–H groups in total. The highest BCUT2D eigenvalue weighted by molar-refractivity contribution is 5.65. The number of pyridine rings is 1. The number of fused-ring (bicyclic) bond motifs is 1. The van der Waals surface area contributed by atoms with Crippen molar-refractivity contribution in [3.8, 4) is 0 Å². The van der Waals surface area contributed by atoms with Crippen molar-refractivity contribution in [2.75, 3.05) is 18.0 Å². The van der Waals surface area contributed by atoms with E-state index in [1.54, 1.807) is 6.92 Å². The van der Waals surface area contributed by atoms with Crippen molar-refractivity contribution in [3.05, 3.63) is 71.7 Å². The van der Waals surface area contributed by atoms with Crippen molar-refractivity contribution in [3.63, 3.8) is 0 Å². The van der Waals surface area contributed by atoms with Crippen molar-refractivity contribution in [2.24, 2.45) is 0 Å². The summed E-state index contributed by atoms with van der Waals surface area (Å²) in [6.45, 7) is 20.4. The van der Waals surface area contributed by atoms with Gasteiger partial charge < -0.3 is 10.2 Å². The highest BCUT2D eigenvalue weighted by Crippen LogP contribution is 2.29. The lowest BCUT2D eigenvalue weighted by atomic mass is 9.95. The molecule has 0 saturated carbocycles. The first-order valence-electron chi connectivity index (χ1n) is 12.8. The van der Waals surface area contributed by atoms with Crippen molar-refractivity contribution < 1.29 is 4.39 Å². The van der Waals surface area contributed by atoms with Gasteiger partial charge in [-0.2, -0.15) is 0 Å². The summed E-state index contributed by atoms with van der Waals surface area (Å²) in [4.78, 5) is 7.04. The molecule has 186 valence electrons. The minimum atomic E-state index is -1.02. The van der Waals surface area contributed by atoms with E-state index in [1.807, 2.05) is 27.7 Å². The van der Waals surface area contributed by atoms with Crippen LogP contribution >= 0.6 is 0 Å². The molecule has 1 fully saturated rings. The maximum absolute atomic E-state index is 14.0. The second-order valence-corrected chi connectivity index (χ2v) is 8.59. The van der Waals surface area contributed by atoms with Gasteiger partial charge in [-0.05, 0) is 68.5 Å². The minimum absolute atomic E-state index is 0.592. The fraction of sp³-hybridized carbons (Fsp3) is 0.483. The predicted octanol–water partition coefficient (Wildman–Crippen LogP) is 7.35. The van der Waals surface area contributed by atoms with Crippen LogP contribution in [0.3, 0.4) is 0 Å². The first-order valence-corrected chi connectivity index (χ1v) is 12.8. The Hall–Kier alpha value is -2.82. The van der Waals surface area contributed by atoms with E-state index in [9.17, 15) is 4.39 Å². The first kappa shape index (κ1) is 27.4. The van der Waals surface area contributed by atoms with Crippen molar-refractivity contribution >= 4 is 17.0 Å². The van der Waals surface area contributed by atoms with Crippen LogP contribution in [-0.4, -0.2) is 28.1 Å². The molecular weight excluding hydrogens is 423 g/mol. The second kappa shape index (κ2) is 12.6. The Labute approximate surface area is 205 Å². The van der Waals surface area contributed by atoms with E-state index in [-0.39, 0.29) is 0 Å². The van der Waals surface area contributed by atoms with Gasteiger partial charge in [0.2, 0.25) is 0 Å². The molecule has 0 atom stereocenters. The topological polar surface area (TPSA) is 32.6 Å². The third-order valence-electron chi connectivity index (χ3n) is 6.09. The molecule has 1 aliphatic heterocycles. The fourth-order valence-corrected chi connectivity index (χ4v) is 4.11. The lowest BCUT2D eigenvalue weighted by Crippen LogP contribution is -2.40. The van der Waals surface area contributed by atoms with Gasteiger partial charge in [0.15, 0.2) is 0 Å². The Balaban J connectivity index is 0.000000970. The number of nitrogens with zero attached hydrogens (tertiary/aromatic N) is 3. The van der Waals surface area contributed by atoms with Crippen LogP contribution in [0.25, 0.3) is 11.3 Å². The van der Waals surface area contributed by atoms with Crippen LogP contribution in [0.2, 0.25) is 0 Å². The third-order valence-corrected chi connectivity index (χ3v) is 6.09. The molecule has 1 saturated heterocycles. The number of nitrogens with one attached hydrogen (secondary N) is 1. The minimum Gasteiger partial charge on any atom is -0.380 e. The molecule has 4 nitrogen and oxygen atoms in total. The molecule has 0 aliphatic carbocycles. The summed E-state index contributed by atoms with van der Waals surface area (Å²) in [5.41, 5.74) is 6.48. The van der Waals surface area contributed by atoms with Crippen LogP contribution < -0.4 is 10.2 Å². The number of imidazole rings is 1. The summed E-state index contributed by atoms with van der Waals surface area (Å²) in [7, 11) is 0. The van der Waals surface area contributed by atoms with Crippen LogP contribution in [-0.2, 0) is 13.0 Å². The highest BCUT2D eigenvalue weighted by Gasteiger charge is 2.29. The Morgan fingerprint density at radius 3 is 2.29 bits per heavy atom. The molecule has 0 unspecified atom stereocenters. The number of halogens is 1. The SMILES string of the molecule is C=C(NCc1ccc(N2CCC(C)(F)CC2)cc1)c1c(CC)nc2cc(C)ccn12.CC.CC. The second-order valence-electron chi connectivity index (χ2n) is 8.59. The standard InChI is InChI=1S/C25H31FN4.2C2H6/c1-5-22-24(30-13-10-18(2)16-23(30)28-22)19(3)27-17-20-6-8-21(9-7-20)29-14-11-25(4,26)12-15-29;2*1-2/h6-10,13,16,27H,3,5,11-12,14-15,17H2,1-2,4H3;2*1-2H3. The fourth-order valence-electron chi connectivity index (χ4n) is 4.11. The molecule has 5 heteroatoms. The normalized spacial score (nSPS) is 14.5. The third kappa shape index (κ3) is 6.62. The number of aromatic nitrogens is 2. The molecule has 2 aromatic heterocycles. The lowest BCUT2D eigenvalue weighted by molar-refractivity contribution is 0.149. The van der Waals surface area contributed by atoms with Crippen LogP contribution in [0.5, 0.6) is 0 Å². The summed E-state index contributed by atoms with van der Waals surface area (Å²) in [5.74, 6) is 0. The maximum atomic E-state index is 14.0.